The zero-order chi connectivity index (χ0) is 20.5. The molecule has 0 atom stereocenters. The molecule has 0 fully saturated rings. The van der Waals surface area contributed by atoms with Gasteiger partial charge < -0.3 is 9.47 Å². The summed E-state index contributed by atoms with van der Waals surface area (Å²) in [4.78, 5) is 12.8. The van der Waals surface area contributed by atoms with E-state index in [4.69, 9.17) is 32.7 Å². The first-order chi connectivity index (χ1) is 13.9. The number of halogens is 3. The molecule has 0 spiro atoms. The third-order valence-corrected chi connectivity index (χ3v) is 5.77. The van der Waals surface area contributed by atoms with Gasteiger partial charge in [-0.15, -0.1) is 0 Å². The Balaban J connectivity index is 1.56. The lowest BCUT2D eigenvalue weighted by atomic mass is 10.0. The Kier molecular flexibility index (Phi) is 5.68. The number of carbonyl (C=O) groups excluding carboxylic acids is 1. The van der Waals surface area contributed by atoms with Crippen molar-refractivity contribution in [1.82, 2.24) is 0 Å². The second-order valence-corrected chi connectivity index (χ2v) is 8.37. The smallest absolute Gasteiger partial charge is 0.232 e. The molecule has 0 saturated carbocycles. The van der Waals surface area contributed by atoms with Crippen LogP contribution in [0.5, 0.6) is 11.5 Å². The number of aryl methyl sites for hydroxylation is 1. The molecular formula is C23H15BrCl2O3. The Morgan fingerprint density at radius 1 is 1.03 bits per heavy atom. The largest absolute Gasteiger partial charge is 0.489 e. The van der Waals surface area contributed by atoms with Crippen LogP contribution in [0.2, 0.25) is 10.0 Å². The molecule has 1 heterocycles. The first-order valence-corrected chi connectivity index (χ1v) is 10.4. The fraction of sp³-hybridized carbons (Fsp3) is 0.0870. The predicted molar refractivity (Wildman–Crippen MR) is 119 cm³/mol. The Hall–Kier alpha value is -2.27. The van der Waals surface area contributed by atoms with Crippen LogP contribution in [0.15, 0.2) is 64.8 Å². The molecular weight excluding hydrogens is 475 g/mol. The van der Waals surface area contributed by atoms with Crippen molar-refractivity contribution in [3.05, 3.63) is 97.1 Å². The predicted octanol–water partition coefficient (Wildman–Crippen LogP) is 7.26. The summed E-state index contributed by atoms with van der Waals surface area (Å²) in [5.41, 5.74) is 3.13. The third kappa shape index (κ3) is 4.35. The van der Waals surface area contributed by atoms with Crippen LogP contribution in [0.4, 0.5) is 0 Å². The van der Waals surface area contributed by atoms with Gasteiger partial charge in [0, 0.05) is 10.5 Å². The van der Waals surface area contributed by atoms with Crippen LogP contribution < -0.4 is 9.47 Å². The van der Waals surface area contributed by atoms with E-state index in [1.807, 2.05) is 37.3 Å². The second kappa shape index (κ2) is 8.23. The first-order valence-electron chi connectivity index (χ1n) is 8.82. The van der Waals surface area contributed by atoms with Crippen molar-refractivity contribution < 1.29 is 14.3 Å². The lowest BCUT2D eigenvalue weighted by molar-refractivity contribution is 0.101. The summed E-state index contributed by atoms with van der Waals surface area (Å²) >= 11 is 15.4. The van der Waals surface area contributed by atoms with Gasteiger partial charge >= 0.3 is 0 Å². The van der Waals surface area contributed by atoms with E-state index in [9.17, 15) is 4.79 Å². The van der Waals surface area contributed by atoms with Crippen molar-refractivity contribution in [3.63, 3.8) is 0 Å². The van der Waals surface area contributed by atoms with E-state index in [1.54, 1.807) is 30.3 Å². The summed E-state index contributed by atoms with van der Waals surface area (Å²) in [6, 6.07) is 16.7. The number of fused-ring (bicyclic) bond motifs is 1. The fourth-order valence-corrected chi connectivity index (χ4v) is 3.63. The highest BCUT2D eigenvalue weighted by atomic mass is 79.9. The molecule has 3 aromatic carbocycles. The van der Waals surface area contributed by atoms with Crippen LogP contribution in [0.1, 0.15) is 27.0 Å². The van der Waals surface area contributed by atoms with Crippen LogP contribution in [0.25, 0.3) is 6.08 Å². The quantitative estimate of drug-likeness (QED) is 0.362. The van der Waals surface area contributed by atoms with Crippen molar-refractivity contribution in [2.24, 2.45) is 0 Å². The monoisotopic (exact) mass is 488 g/mol. The molecule has 0 amide bonds. The summed E-state index contributed by atoms with van der Waals surface area (Å²) in [5.74, 6) is 1.22. The average Bonchev–Trinajstić information content (AvgIpc) is 3.00. The SMILES string of the molecule is Cc1cc(OCc2ccc(Br)cc2)cc2c1C(=O)/C(=C/c1ccc(Cl)c(Cl)c1)O2. The number of Topliss-reactive ketones (excluding diaryl/α,β-unsaturated/α-hetero) is 1. The highest BCUT2D eigenvalue weighted by Crippen LogP contribution is 2.38. The Morgan fingerprint density at radius 2 is 1.79 bits per heavy atom. The molecule has 3 aromatic rings. The standard InChI is InChI=1S/C23H15BrCl2O3/c1-13-8-17(28-12-14-2-5-16(24)6-3-14)11-20-22(13)23(27)21(29-20)10-15-4-7-18(25)19(26)9-15/h2-11H,12H2,1H3/b21-10-. The third-order valence-electron chi connectivity index (χ3n) is 4.50. The molecule has 0 bridgehead atoms. The van der Waals surface area contributed by atoms with Gasteiger partial charge in [0.1, 0.15) is 18.1 Å². The molecule has 1 aliphatic rings. The molecule has 29 heavy (non-hydrogen) atoms. The molecule has 6 heteroatoms. The molecule has 4 rings (SSSR count). The Morgan fingerprint density at radius 3 is 2.52 bits per heavy atom. The lowest BCUT2D eigenvalue weighted by Crippen LogP contribution is -2.00. The molecule has 0 unspecified atom stereocenters. The summed E-state index contributed by atoms with van der Waals surface area (Å²) in [6.07, 6.45) is 1.66. The number of ketones is 1. The zero-order valence-corrected chi connectivity index (χ0v) is 18.4. The zero-order valence-electron chi connectivity index (χ0n) is 15.3. The Bertz CT molecular complexity index is 1140. The highest BCUT2D eigenvalue weighted by molar-refractivity contribution is 9.10. The van der Waals surface area contributed by atoms with Crippen molar-refractivity contribution in [2.75, 3.05) is 0 Å². The second-order valence-electron chi connectivity index (χ2n) is 6.64. The number of carbonyl (C=O) groups is 1. The molecule has 0 aromatic heterocycles. The minimum Gasteiger partial charge on any atom is -0.489 e. The summed E-state index contributed by atoms with van der Waals surface area (Å²) in [7, 11) is 0. The minimum atomic E-state index is -0.164. The van der Waals surface area contributed by atoms with Crippen molar-refractivity contribution in [2.45, 2.75) is 13.5 Å². The van der Waals surface area contributed by atoms with Crippen molar-refractivity contribution in [1.29, 1.82) is 0 Å². The number of hydrogen-bond acceptors (Lipinski definition) is 3. The van der Waals surface area contributed by atoms with E-state index in [1.165, 1.54) is 0 Å². The average molecular weight is 490 g/mol. The van der Waals surface area contributed by atoms with Crippen LogP contribution in [-0.2, 0) is 6.61 Å². The van der Waals surface area contributed by atoms with E-state index in [2.05, 4.69) is 15.9 Å². The molecule has 3 nitrogen and oxygen atoms in total. The van der Waals surface area contributed by atoms with Crippen LogP contribution in [-0.4, -0.2) is 5.78 Å². The van der Waals surface area contributed by atoms with Gasteiger partial charge in [0.15, 0.2) is 5.76 Å². The number of ether oxygens (including phenoxy) is 2. The first kappa shape index (κ1) is 20.0. The normalized spacial score (nSPS) is 14.1. The highest BCUT2D eigenvalue weighted by Gasteiger charge is 2.30. The molecule has 0 N–H and O–H groups in total. The van der Waals surface area contributed by atoms with Crippen LogP contribution in [0, 0.1) is 6.92 Å². The van der Waals surface area contributed by atoms with E-state index in [0.717, 1.165) is 21.2 Å². The van der Waals surface area contributed by atoms with Gasteiger partial charge in [-0.05, 0) is 60.0 Å². The van der Waals surface area contributed by atoms with Gasteiger partial charge in [-0.2, -0.15) is 0 Å². The van der Waals surface area contributed by atoms with Crippen LogP contribution >= 0.6 is 39.1 Å². The number of rotatable bonds is 4. The van der Waals surface area contributed by atoms with Gasteiger partial charge in [-0.25, -0.2) is 0 Å². The molecule has 146 valence electrons. The number of benzene rings is 3. The summed E-state index contributed by atoms with van der Waals surface area (Å²) in [6.45, 7) is 2.29. The van der Waals surface area contributed by atoms with Gasteiger partial charge in [0.25, 0.3) is 0 Å². The maximum Gasteiger partial charge on any atom is 0.232 e. The van der Waals surface area contributed by atoms with E-state index < -0.39 is 0 Å². The number of hydrogen-bond donors (Lipinski definition) is 0. The molecule has 0 radical (unpaired) electrons. The van der Waals surface area contributed by atoms with Gasteiger partial charge in [0.2, 0.25) is 5.78 Å². The minimum absolute atomic E-state index is 0.164. The Labute approximate surface area is 187 Å². The van der Waals surface area contributed by atoms with Crippen molar-refractivity contribution in [3.8, 4) is 11.5 Å². The summed E-state index contributed by atoms with van der Waals surface area (Å²) in [5, 5.41) is 0.878. The van der Waals surface area contributed by atoms with E-state index in [0.29, 0.717) is 33.7 Å². The van der Waals surface area contributed by atoms with Gasteiger partial charge in [0.05, 0.1) is 15.6 Å². The fourth-order valence-electron chi connectivity index (χ4n) is 3.06. The van der Waals surface area contributed by atoms with E-state index in [-0.39, 0.29) is 11.5 Å². The summed E-state index contributed by atoms with van der Waals surface area (Å²) < 4.78 is 12.7. The maximum atomic E-state index is 12.8. The molecule has 1 aliphatic heterocycles. The van der Waals surface area contributed by atoms with Crippen LogP contribution in [0.3, 0.4) is 0 Å². The lowest BCUT2D eigenvalue weighted by Gasteiger charge is -2.09. The van der Waals surface area contributed by atoms with Gasteiger partial charge in [-0.3, -0.25) is 4.79 Å². The molecule has 0 aliphatic carbocycles. The maximum absolute atomic E-state index is 12.8. The molecule has 0 saturated heterocycles. The van der Waals surface area contributed by atoms with Gasteiger partial charge in [-0.1, -0.05) is 57.3 Å². The van der Waals surface area contributed by atoms with E-state index >= 15 is 0 Å². The topological polar surface area (TPSA) is 35.5 Å². The number of allylic oxidation sites excluding steroid dienone is 1. The van der Waals surface area contributed by atoms with Crippen molar-refractivity contribution >= 4 is 51.0 Å².